The molecule has 0 saturated carbocycles. The maximum Gasteiger partial charge on any atom is 0.261 e. The van der Waals surface area contributed by atoms with Crippen LogP contribution in [0.1, 0.15) is 44.9 Å². The van der Waals surface area contributed by atoms with E-state index in [0.717, 1.165) is 31.4 Å². The van der Waals surface area contributed by atoms with E-state index in [9.17, 15) is 9.59 Å². The molecule has 4 nitrogen and oxygen atoms in total. The maximum absolute atomic E-state index is 12.3. The first-order chi connectivity index (χ1) is 10.3. The predicted octanol–water partition coefficient (Wildman–Crippen LogP) is 2.27. The van der Waals surface area contributed by atoms with Crippen LogP contribution in [0.5, 0.6) is 0 Å². The standard InChI is InChI=1S/C17H24N2O2/c20-16-14-8-3-4-9-15(14)17(21)19(16)13-7-12-18-10-5-1-2-6-11-18/h3,8H,1-2,4-7,9-13H2. The summed E-state index contributed by atoms with van der Waals surface area (Å²) in [5.74, 6) is -0.128. The molecule has 1 aliphatic carbocycles. The van der Waals surface area contributed by atoms with Gasteiger partial charge in [-0.3, -0.25) is 14.5 Å². The molecule has 2 amide bonds. The zero-order chi connectivity index (χ0) is 14.7. The number of hydrogen-bond donors (Lipinski definition) is 0. The second kappa shape index (κ2) is 6.56. The van der Waals surface area contributed by atoms with Crippen molar-refractivity contribution in [1.29, 1.82) is 0 Å². The summed E-state index contributed by atoms with van der Waals surface area (Å²) >= 11 is 0. The third-order valence-corrected chi connectivity index (χ3v) is 4.70. The van der Waals surface area contributed by atoms with Gasteiger partial charge in [-0.1, -0.05) is 25.0 Å². The number of rotatable bonds is 4. The zero-order valence-electron chi connectivity index (χ0n) is 12.6. The van der Waals surface area contributed by atoms with E-state index in [4.69, 9.17) is 0 Å². The second-order valence-corrected chi connectivity index (χ2v) is 6.20. The Morgan fingerprint density at radius 2 is 1.71 bits per heavy atom. The van der Waals surface area contributed by atoms with E-state index in [2.05, 4.69) is 4.90 Å². The lowest BCUT2D eigenvalue weighted by Gasteiger charge is -2.21. The number of amides is 2. The monoisotopic (exact) mass is 288 g/mol. The number of imide groups is 1. The highest BCUT2D eigenvalue weighted by molar-refractivity contribution is 6.20. The van der Waals surface area contributed by atoms with E-state index in [1.807, 2.05) is 12.2 Å². The molecule has 114 valence electrons. The molecule has 0 aromatic carbocycles. The first-order valence-corrected chi connectivity index (χ1v) is 8.25. The molecule has 1 saturated heterocycles. The third kappa shape index (κ3) is 3.10. The largest absolute Gasteiger partial charge is 0.303 e. The molecule has 0 bridgehead atoms. The Morgan fingerprint density at radius 3 is 2.43 bits per heavy atom. The van der Waals surface area contributed by atoms with Gasteiger partial charge in [-0.2, -0.15) is 0 Å². The van der Waals surface area contributed by atoms with Crippen LogP contribution in [0, 0.1) is 0 Å². The van der Waals surface area contributed by atoms with Crippen LogP contribution in [-0.2, 0) is 9.59 Å². The predicted molar refractivity (Wildman–Crippen MR) is 81.6 cm³/mol. The van der Waals surface area contributed by atoms with Crippen molar-refractivity contribution >= 4 is 11.8 Å². The summed E-state index contributed by atoms with van der Waals surface area (Å²) in [5, 5.41) is 0. The molecule has 0 radical (unpaired) electrons. The molecule has 0 spiro atoms. The summed E-state index contributed by atoms with van der Waals surface area (Å²) in [6.45, 7) is 3.89. The summed E-state index contributed by atoms with van der Waals surface area (Å²) < 4.78 is 0. The van der Waals surface area contributed by atoms with Crippen LogP contribution in [0.3, 0.4) is 0 Å². The highest BCUT2D eigenvalue weighted by atomic mass is 16.2. The van der Waals surface area contributed by atoms with E-state index < -0.39 is 0 Å². The van der Waals surface area contributed by atoms with Gasteiger partial charge in [-0.05, 0) is 51.7 Å². The van der Waals surface area contributed by atoms with Crippen LogP contribution in [0.15, 0.2) is 23.3 Å². The van der Waals surface area contributed by atoms with Crippen molar-refractivity contribution in [2.24, 2.45) is 0 Å². The van der Waals surface area contributed by atoms with Gasteiger partial charge in [0, 0.05) is 17.7 Å². The van der Waals surface area contributed by atoms with Gasteiger partial charge in [0.1, 0.15) is 0 Å². The summed E-state index contributed by atoms with van der Waals surface area (Å²) in [5.41, 5.74) is 1.37. The van der Waals surface area contributed by atoms with E-state index >= 15 is 0 Å². The Hall–Kier alpha value is -1.42. The van der Waals surface area contributed by atoms with E-state index in [-0.39, 0.29) is 11.8 Å². The van der Waals surface area contributed by atoms with Gasteiger partial charge >= 0.3 is 0 Å². The van der Waals surface area contributed by atoms with Gasteiger partial charge < -0.3 is 4.90 Å². The molecule has 2 aliphatic heterocycles. The molecule has 0 aromatic rings. The molecular weight excluding hydrogens is 264 g/mol. The molecule has 0 aromatic heterocycles. The zero-order valence-corrected chi connectivity index (χ0v) is 12.6. The van der Waals surface area contributed by atoms with Gasteiger partial charge in [0.2, 0.25) is 0 Å². The van der Waals surface area contributed by atoms with Gasteiger partial charge in [0.25, 0.3) is 11.8 Å². The molecule has 21 heavy (non-hydrogen) atoms. The molecule has 0 unspecified atom stereocenters. The normalized spacial score (nSPS) is 23.7. The maximum atomic E-state index is 12.3. The lowest BCUT2D eigenvalue weighted by molar-refractivity contribution is -0.137. The minimum atomic E-state index is -0.0817. The van der Waals surface area contributed by atoms with Crippen molar-refractivity contribution in [2.45, 2.75) is 44.9 Å². The fourth-order valence-electron chi connectivity index (χ4n) is 3.50. The number of nitrogens with zero attached hydrogens (tertiary/aromatic N) is 2. The van der Waals surface area contributed by atoms with E-state index in [1.165, 1.54) is 43.7 Å². The number of carbonyl (C=O) groups is 2. The molecule has 0 atom stereocenters. The first kappa shape index (κ1) is 14.5. The van der Waals surface area contributed by atoms with Crippen LogP contribution in [0.25, 0.3) is 0 Å². The Bertz CT molecular complexity index is 485. The highest BCUT2D eigenvalue weighted by Crippen LogP contribution is 2.29. The van der Waals surface area contributed by atoms with E-state index in [0.29, 0.717) is 12.1 Å². The van der Waals surface area contributed by atoms with Crippen LogP contribution in [0.2, 0.25) is 0 Å². The fourth-order valence-corrected chi connectivity index (χ4v) is 3.50. The van der Waals surface area contributed by atoms with Crippen molar-refractivity contribution < 1.29 is 9.59 Å². The third-order valence-electron chi connectivity index (χ3n) is 4.70. The molecule has 3 rings (SSSR count). The topological polar surface area (TPSA) is 40.6 Å². The number of carbonyl (C=O) groups excluding carboxylic acids is 2. The summed E-state index contributed by atoms with van der Waals surface area (Å²) in [4.78, 5) is 28.5. The summed E-state index contributed by atoms with van der Waals surface area (Å²) in [6.07, 6.45) is 11.5. The van der Waals surface area contributed by atoms with Crippen molar-refractivity contribution in [3.8, 4) is 0 Å². The molecule has 1 fully saturated rings. The van der Waals surface area contributed by atoms with E-state index in [1.54, 1.807) is 0 Å². The van der Waals surface area contributed by atoms with Crippen LogP contribution < -0.4 is 0 Å². The second-order valence-electron chi connectivity index (χ2n) is 6.20. The van der Waals surface area contributed by atoms with Crippen molar-refractivity contribution in [3.05, 3.63) is 23.3 Å². The Labute approximate surface area is 126 Å². The Kier molecular flexibility index (Phi) is 4.54. The Balaban J connectivity index is 1.51. The molecule has 3 aliphatic rings. The van der Waals surface area contributed by atoms with Crippen molar-refractivity contribution in [3.63, 3.8) is 0 Å². The number of allylic oxidation sites excluding steroid dienone is 1. The van der Waals surface area contributed by atoms with Gasteiger partial charge in [-0.25, -0.2) is 0 Å². The van der Waals surface area contributed by atoms with Gasteiger partial charge in [0.15, 0.2) is 0 Å². The average molecular weight is 288 g/mol. The minimum Gasteiger partial charge on any atom is -0.303 e. The highest BCUT2D eigenvalue weighted by Gasteiger charge is 2.36. The number of likely N-dealkylation sites (tertiary alicyclic amines) is 1. The smallest absolute Gasteiger partial charge is 0.261 e. The lowest BCUT2D eigenvalue weighted by Crippen LogP contribution is -2.35. The lowest BCUT2D eigenvalue weighted by atomic mass is 10.00. The SMILES string of the molecule is O=C1C2=C(CCC=C2)C(=O)N1CCCN1CCCCCC1. The molecule has 2 heterocycles. The summed E-state index contributed by atoms with van der Waals surface area (Å²) in [7, 11) is 0. The quantitative estimate of drug-likeness (QED) is 0.745. The Morgan fingerprint density at radius 1 is 0.952 bits per heavy atom. The average Bonchev–Trinajstić information content (AvgIpc) is 2.70. The molecular formula is C17H24N2O2. The van der Waals surface area contributed by atoms with Gasteiger partial charge in [-0.15, -0.1) is 0 Å². The van der Waals surface area contributed by atoms with Gasteiger partial charge in [0.05, 0.1) is 0 Å². The first-order valence-electron chi connectivity index (χ1n) is 8.25. The van der Waals surface area contributed by atoms with Crippen molar-refractivity contribution in [1.82, 2.24) is 9.80 Å². The number of hydrogen-bond acceptors (Lipinski definition) is 3. The van der Waals surface area contributed by atoms with Crippen LogP contribution in [0.4, 0.5) is 0 Å². The van der Waals surface area contributed by atoms with Crippen LogP contribution in [-0.4, -0.2) is 47.8 Å². The van der Waals surface area contributed by atoms with Crippen molar-refractivity contribution in [2.75, 3.05) is 26.2 Å². The molecule has 0 N–H and O–H groups in total. The summed E-state index contributed by atoms with van der Waals surface area (Å²) in [6, 6.07) is 0. The van der Waals surface area contributed by atoms with Crippen LogP contribution >= 0.6 is 0 Å². The minimum absolute atomic E-state index is 0.0461. The fraction of sp³-hybridized carbons (Fsp3) is 0.647. The molecule has 4 heteroatoms.